The first-order valence-corrected chi connectivity index (χ1v) is 4.36. The highest BCUT2D eigenvalue weighted by Crippen LogP contribution is 2.35. The third-order valence-corrected chi connectivity index (χ3v) is 2.72. The Morgan fingerprint density at radius 3 is 2.82 bits per heavy atom. The van der Waals surface area contributed by atoms with E-state index in [4.69, 9.17) is 5.26 Å². The van der Waals surface area contributed by atoms with Crippen LogP contribution in [0, 0.1) is 17.2 Å². The van der Waals surface area contributed by atoms with Gasteiger partial charge in [-0.1, -0.05) is 13.3 Å². The number of nitriles is 1. The lowest BCUT2D eigenvalue weighted by molar-refractivity contribution is 0.000846. The third-order valence-electron chi connectivity index (χ3n) is 2.72. The molecule has 11 heavy (non-hydrogen) atoms. The molecule has 0 spiro atoms. The summed E-state index contributed by atoms with van der Waals surface area (Å²) in [6.45, 7) is 2.04. The van der Waals surface area contributed by atoms with Crippen LogP contribution >= 0.6 is 0 Å². The van der Waals surface area contributed by atoms with Gasteiger partial charge in [0.2, 0.25) is 0 Å². The van der Waals surface area contributed by atoms with Gasteiger partial charge in [-0.15, -0.1) is 0 Å². The van der Waals surface area contributed by atoms with Crippen LogP contribution in [0.4, 0.5) is 0 Å². The normalized spacial score (nSPS) is 38.1. The summed E-state index contributed by atoms with van der Waals surface area (Å²) >= 11 is 0. The Hall–Kier alpha value is -0.550. The van der Waals surface area contributed by atoms with Gasteiger partial charge in [0, 0.05) is 5.92 Å². The van der Waals surface area contributed by atoms with Gasteiger partial charge in [-0.3, -0.25) is 0 Å². The minimum Gasteiger partial charge on any atom is -0.375 e. The summed E-state index contributed by atoms with van der Waals surface area (Å²) in [5, 5.41) is 18.5. The van der Waals surface area contributed by atoms with Crippen LogP contribution in [0.3, 0.4) is 0 Å². The molecule has 1 aliphatic rings. The van der Waals surface area contributed by atoms with Crippen LogP contribution in [0.25, 0.3) is 0 Å². The summed E-state index contributed by atoms with van der Waals surface area (Å²) in [4.78, 5) is 0. The Morgan fingerprint density at radius 2 is 2.36 bits per heavy atom. The van der Waals surface area contributed by atoms with Crippen molar-refractivity contribution in [1.29, 1.82) is 5.26 Å². The summed E-state index contributed by atoms with van der Waals surface area (Å²) < 4.78 is 0. The number of hydrogen-bond donors (Lipinski definition) is 1. The molecule has 0 radical (unpaired) electrons. The third kappa shape index (κ3) is 1.54. The highest BCUT2D eigenvalue weighted by atomic mass is 16.3. The SMILES string of the molecule is CC[C@H]1CCCC[C@]1(O)C#N. The van der Waals surface area contributed by atoms with Crippen LogP contribution in [0.5, 0.6) is 0 Å². The van der Waals surface area contributed by atoms with E-state index in [2.05, 4.69) is 0 Å². The molecule has 0 aromatic rings. The zero-order valence-corrected chi connectivity index (χ0v) is 7.01. The lowest BCUT2D eigenvalue weighted by Crippen LogP contribution is -2.38. The van der Waals surface area contributed by atoms with Gasteiger partial charge in [-0.25, -0.2) is 0 Å². The van der Waals surface area contributed by atoms with Crippen molar-refractivity contribution in [3.8, 4) is 6.07 Å². The second kappa shape index (κ2) is 3.23. The fraction of sp³-hybridized carbons (Fsp3) is 0.889. The highest BCUT2D eigenvalue weighted by molar-refractivity contribution is 5.05. The Morgan fingerprint density at radius 1 is 1.64 bits per heavy atom. The predicted octanol–water partition coefficient (Wildman–Crippen LogP) is 1.84. The van der Waals surface area contributed by atoms with Crippen molar-refractivity contribution >= 4 is 0 Å². The molecule has 2 atom stereocenters. The zero-order chi connectivity index (χ0) is 8.32. The molecule has 1 saturated carbocycles. The number of nitrogens with zero attached hydrogens (tertiary/aromatic N) is 1. The molecule has 0 aromatic carbocycles. The molecular weight excluding hydrogens is 138 g/mol. The molecule has 0 heterocycles. The maximum absolute atomic E-state index is 9.78. The molecule has 62 valence electrons. The van der Waals surface area contributed by atoms with Gasteiger partial charge in [0.25, 0.3) is 0 Å². The van der Waals surface area contributed by atoms with Gasteiger partial charge >= 0.3 is 0 Å². The Kier molecular flexibility index (Phi) is 2.51. The van der Waals surface area contributed by atoms with Crippen molar-refractivity contribution in [1.82, 2.24) is 0 Å². The van der Waals surface area contributed by atoms with Crippen LogP contribution in [0.1, 0.15) is 39.0 Å². The molecule has 0 bridgehead atoms. The van der Waals surface area contributed by atoms with E-state index in [-0.39, 0.29) is 5.92 Å². The van der Waals surface area contributed by atoms with E-state index in [0.29, 0.717) is 6.42 Å². The predicted molar refractivity (Wildman–Crippen MR) is 42.8 cm³/mol. The summed E-state index contributed by atoms with van der Waals surface area (Å²) in [5.74, 6) is 0.209. The van der Waals surface area contributed by atoms with E-state index in [0.717, 1.165) is 19.3 Å². The maximum atomic E-state index is 9.78. The average Bonchev–Trinajstić information content (AvgIpc) is 2.05. The van der Waals surface area contributed by atoms with E-state index in [1.807, 2.05) is 13.0 Å². The van der Waals surface area contributed by atoms with Gasteiger partial charge in [0.1, 0.15) is 0 Å². The van der Waals surface area contributed by atoms with Crippen molar-refractivity contribution in [3.63, 3.8) is 0 Å². The number of aliphatic hydroxyl groups is 1. The topological polar surface area (TPSA) is 44.0 Å². The van der Waals surface area contributed by atoms with E-state index in [9.17, 15) is 5.11 Å². The first kappa shape index (κ1) is 8.55. The zero-order valence-electron chi connectivity index (χ0n) is 7.01. The van der Waals surface area contributed by atoms with Crippen molar-refractivity contribution in [2.24, 2.45) is 5.92 Å². The van der Waals surface area contributed by atoms with Gasteiger partial charge in [-0.05, 0) is 25.7 Å². The molecule has 1 fully saturated rings. The first-order valence-electron chi connectivity index (χ1n) is 4.36. The minimum absolute atomic E-state index is 0.209. The summed E-state index contributed by atoms with van der Waals surface area (Å²) in [6.07, 6.45) is 4.77. The van der Waals surface area contributed by atoms with Crippen molar-refractivity contribution in [2.75, 3.05) is 0 Å². The molecule has 0 amide bonds. The summed E-state index contributed by atoms with van der Waals surface area (Å²) in [6, 6.07) is 2.04. The van der Waals surface area contributed by atoms with E-state index in [1.165, 1.54) is 6.42 Å². The van der Waals surface area contributed by atoms with Crippen LogP contribution in [-0.4, -0.2) is 10.7 Å². The number of hydrogen-bond acceptors (Lipinski definition) is 2. The highest BCUT2D eigenvalue weighted by Gasteiger charge is 2.37. The van der Waals surface area contributed by atoms with Gasteiger partial charge < -0.3 is 5.11 Å². The smallest absolute Gasteiger partial charge is 0.153 e. The Bertz CT molecular complexity index is 173. The largest absolute Gasteiger partial charge is 0.375 e. The van der Waals surface area contributed by atoms with E-state index in [1.54, 1.807) is 0 Å². The molecule has 2 nitrogen and oxygen atoms in total. The molecule has 1 rings (SSSR count). The minimum atomic E-state index is -1.01. The van der Waals surface area contributed by atoms with Crippen LogP contribution in [0.2, 0.25) is 0 Å². The molecule has 0 aromatic heterocycles. The van der Waals surface area contributed by atoms with Crippen molar-refractivity contribution < 1.29 is 5.11 Å². The molecule has 0 saturated heterocycles. The monoisotopic (exact) mass is 153 g/mol. The van der Waals surface area contributed by atoms with Gasteiger partial charge in [0.05, 0.1) is 6.07 Å². The quantitative estimate of drug-likeness (QED) is 0.584. The van der Waals surface area contributed by atoms with Gasteiger partial charge in [0.15, 0.2) is 5.60 Å². The molecule has 2 heteroatoms. The van der Waals surface area contributed by atoms with Crippen molar-refractivity contribution in [2.45, 2.75) is 44.6 Å². The molecular formula is C9H15NO. The second-order valence-electron chi connectivity index (χ2n) is 3.39. The molecule has 1 N–H and O–H groups in total. The van der Waals surface area contributed by atoms with Crippen LogP contribution in [-0.2, 0) is 0 Å². The van der Waals surface area contributed by atoms with Crippen LogP contribution in [0.15, 0.2) is 0 Å². The Labute approximate surface area is 67.8 Å². The fourth-order valence-electron chi connectivity index (χ4n) is 1.92. The number of rotatable bonds is 1. The molecule has 0 unspecified atom stereocenters. The standard InChI is InChI=1S/C9H15NO/c1-2-8-5-3-4-6-9(8,11)7-10/h8,11H,2-6H2,1H3/t8-,9-/m0/s1. The van der Waals surface area contributed by atoms with Crippen molar-refractivity contribution in [3.05, 3.63) is 0 Å². The second-order valence-corrected chi connectivity index (χ2v) is 3.39. The lowest BCUT2D eigenvalue weighted by Gasteiger charge is -2.33. The fourth-order valence-corrected chi connectivity index (χ4v) is 1.92. The summed E-state index contributed by atoms with van der Waals surface area (Å²) in [5.41, 5.74) is -1.01. The lowest BCUT2D eigenvalue weighted by atomic mass is 9.75. The Balaban J connectivity index is 2.67. The van der Waals surface area contributed by atoms with E-state index >= 15 is 0 Å². The average molecular weight is 153 g/mol. The first-order chi connectivity index (χ1) is 5.23. The maximum Gasteiger partial charge on any atom is 0.153 e. The van der Waals surface area contributed by atoms with E-state index < -0.39 is 5.60 Å². The molecule has 1 aliphatic carbocycles. The summed E-state index contributed by atoms with van der Waals surface area (Å²) in [7, 11) is 0. The van der Waals surface area contributed by atoms with Crippen LogP contribution < -0.4 is 0 Å². The molecule has 0 aliphatic heterocycles. The van der Waals surface area contributed by atoms with Gasteiger partial charge in [-0.2, -0.15) is 5.26 Å².